The Labute approximate surface area is 103 Å². The van der Waals surface area contributed by atoms with Crippen LogP contribution in [0.1, 0.15) is 16.1 Å². The first kappa shape index (κ1) is 11.7. The second-order valence-corrected chi connectivity index (χ2v) is 4.08. The molecule has 1 heterocycles. The van der Waals surface area contributed by atoms with Gasteiger partial charge in [-0.1, -0.05) is 11.6 Å². The van der Waals surface area contributed by atoms with Crippen LogP contribution in [-0.2, 0) is 0 Å². The van der Waals surface area contributed by atoms with E-state index in [1.807, 2.05) is 6.92 Å². The highest BCUT2D eigenvalue weighted by Crippen LogP contribution is 2.27. The summed E-state index contributed by atoms with van der Waals surface area (Å²) in [4.78, 5) is 14.9. The molecule has 2 rings (SSSR count). The van der Waals surface area contributed by atoms with Gasteiger partial charge in [0, 0.05) is 16.8 Å². The summed E-state index contributed by atoms with van der Waals surface area (Å²) in [5.41, 5.74) is 2.02. The minimum Gasteiger partial charge on any atom is -0.298 e. The summed E-state index contributed by atoms with van der Waals surface area (Å²) < 4.78 is 13.3. The van der Waals surface area contributed by atoms with Crippen molar-refractivity contribution in [1.82, 2.24) is 4.98 Å². The smallest absolute Gasteiger partial charge is 0.150 e. The van der Waals surface area contributed by atoms with Crippen molar-refractivity contribution in [2.24, 2.45) is 0 Å². The summed E-state index contributed by atoms with van der Waals surface area (Å²) in [5.74, 6) is -0.482. The van der Waals surface area contributed by atoms with Gasteiger partial charge in [0.2, 0.25) is 0 Å². The fraction of sp³-hybridized carbons (Fsp3) is 0.0769. The van der Waals surface area contributed by atoms with E-state index in [4.69, 9.17) is 11.6 Å². The van der Waals surface area contributed by atoms with E-state index in [0.717, 1.165) is 5.69 Å². The predicted molar refractivity (Wildman–Crippen MR) is 64.8 cm³/mol. The molecule has 2 aromatic rings. The van der Waals surface area contributed by atoms with Crippen LogP contribution in [0.15, 0.2) is 30.3 Å². The zero-order chi connectivity index (χ0) is 12.4. The van der Waals surface area contributed by atoms with Crippen LogP contribution in [0.3, 0.4) is 0 Å². The van der Waals surface area contributed by atoms with Gasteiger partial charge in [0.05, 0.1) is 10.7 Å². The number of aryl methyl sites for hydroxylation is 1. The van der Waals surface area contributed by atoms with Crippen LogP contribution in [0.25, 0.3) is 11.3 Å². The Morgan fingerprint density at radius 3 is 2.76 bits per heavy atom. The molecule has 0 bridgehead atoms. The van der Waals surface area contributed by atoms with Crippen LogP contribution in [0.5, 0.6) is 0 Å². The molecule has 1 aromatic carbocycles. The Hall–Kier alpha value is -1.74. The monoisotopic (exact) mass is 249 g/mol. The van der Waals surface area contributed by atoms with E-state index in [1.165, 1.54) is 12.1 Å². The first-order valence-corrected chi connectivity index (χ1v) is 5.37. The van der Waals surface area contributed by atoms with E-state index in [9.17, 15) is 9.18 Å². The van der Waals surface area contributed by atoms with Crippen molar-refractivity contribution in [2.45, 2.75) is 6.92 Å². The van der Waals surface area contributed by atoms with Crippen molar-refractivity contribution < 1.29 is 9.18 Å². The third-order valence-corrected chi connectivity index (χ3v) is 2.62. The Kier molecular flexibility index (Phi) is 3.20. The van der Waals surface area contributed by atoms with Crippen molar-refractivity contribution in [3.63, 3.8) is 0 Å². The van der Waals surface area contributed by atoms with Crippen molar-refractivity contribution in [1.29, 1.82) is 0 Å². The van der Waals surface area contributed by atoms with Crippen LogP contribution in [0, 0.1) is 12.7 Å². The molecule has 0 radical (unpaired) electrons. The molecule has 0 fully saturated rings. The minimum absolute atomic E-state index is 0.263. The standard InChI is InChI=1S/C13H9ClFNO/c1-8-2-3-12(14)13(16-8)10-4-9(7-17)5-11(15)6-10/h2-7H,1H3. The molecule has 0 saturated heterocycles. The number of carbonyl (C=O) groups excluding carboxylic acids is 1. The van der Waals surface area contributed by atoms with Gasteiger partial charge in [-0.15, -0.1) is 0 Å². The van der Waals surface area contributed by atoms with Crippen molar-refractivity contribution in [2.75, 3.05) is 0 Å². The SMILES string of the molecule is Cc1ccc(Cl)c(-c2cc(F)cc(C=O)c2)n1. The van der Waals surface area contributed by atoms with Crippen molar-refractivity contribution in [3.05, 3.63) is 52.4 Å². The van der Waals surface area contributed by atoms with E-state index in [-0.39, 0.29) is 5.56 Å². The number of nitrogens with zero attached hydrogens (tertiary/aromatic N) is 1. The minimum atomic E-state index is -0.482. The Bertz CT molecular complexity index is 584. The summed E-state index contributed by atoms with van der Waals surface area (Å²) in [7, 11) is 0. The van der Waals surface area contributed by atoms with Crippen molar-refractivity contribution in [3.8, 4) is 11.3 Å². The van der Waals surface area contributed by atoms with Gasteiger partial charge in [-0.05, 0) is 37.3 Å². The average molecular weight is 250 g/mol. The lowest BCUT2D eigenvalue weighted by molar-refractivity contribution is 0.112. The largest absolute Gasteiger partial charge is 0.298 e. The first-order chi connectivity index (χ1) is 8.10. The summed E-state index contributed by atoms with van der Waals surface area (Å²) in [6.45, 7) is 1.82. The molecule has 0 amide bonds. The Morgan fingerprint density at radius 1 is 1.29 bits per heavy atom. The number of hydrogen-bond donors (Lipinski definition) is 0. The van der Waals surface area contributed by atoms with Crippen molar-refractivity contribution >= 4 is 17.9 Å². The molecule has 0 saturated carbocycles. The molecule has 1 aromatic heterocycles. The third kappa shape index (κ3) is 2.50. The van der Waals surface area contributed by atoms with Gasteiger partial charge < -0.3 is 0 Å². The zero-order valence-corrected chi connectivity index (χ0v) is 9.83. The van der Waals surface area contributed by atoms with E-state index in [1.54, 1.807) is 18.2 Å². The molecule has 4 heteroatoms. The first-order valence-electron chi connectivity index (χ1n) is 4.99. The van der Waals surface area contributed by atoms with Crippen LogP contribution < -0.4 is 0 Å². The maximum Gasteiger partial charge on any atom is 0.150 e. The molecular formula is C13H9ClFNO. The summed E-state index contributed by atoms with van der Waals surface area (Å²) in [6.07, 6.45) is 0.594. The lowest BCUT2D eigenvalue weighted by Gasteiger charge is -2.05. The molecule has 0 aliphatic heterocycles. The quantitative estimate of drug-likeness (QED) is 0.761. The second-order valence-electron chi connectivity index (χ2n) is 3.67. The van der Waals surface area contributed by atoms with Gasteiger partial charge in [-0.2, -0.15) is 0 Å². The number of carbonyl (C=O) groups is 1. The maximum atomic E-state index is 13.3. The van der Waals surface area contributed by atoms with Gasteiger partial charge in [0.25, 0.3) is 0 Å². The highest BCUT2D eigenvalue weighted by Gasteiger charge is 2.08. The number of pyridine rings is 1. The van der Waals surface area contributed by atoms with Crippen LogP contribution >= 0.6 is 11.6 Å². The molecule has 0 atom stereocenters. The van der Waals surface area contributed by atoms with Crippen LogP contribution in [-0.4, -0.2) is 11.3 Å². The van der Waals surface area contributed by atoms with E-state index >= 15 is 0 Å². The topological polar surface area (TPSA) is 30.0 Å². The van der Waals surface area contributed by atoms with Gasteiger partial charge in [-0.25, -0.2) is 4.39 Å². The van der Waals surface area contributed by atoms with Gasteiger partial charge in [0.15, 0.2) is 0 Å². The van der Waals surface area contributed by atoms with Gasteiger partial charge in [0.1, 0.15) is 12.1 Å². The fourth-order valence-corrected chi connectivity index (χ4v) is 1.77. The lowest BCUT2D eigenvalue weighted by Crippen LogP contribution is -1.91. The highest BCUT2D eigenvalue weighted by molar-refractivity contribution is 6.33. The van der Waals surface area contributed by atoms with Gasteiger partial charge in [-0.3, -0.25) is 9.78 Å². The average Bonchev–Trinajstić information content (AvgIpc) is 2.31. The van der Waals surface area contributed by atoms with E-state index in [2.05, 4.69) is 4.98 Å². The normalized spacial score (nSPS) is 10.3. The predicted octanol–water partition coefficient (Wildman–Crippen LogP) is 3.66. The van der Waals surface area contributed by atoms with Gasteiger partial charge >= 0.3 is 0 Å². The second kappa shape index (κ2) is 4.63. The van der Waals surface area contributed by atoms with Crippen LogP contribution in [0.2, 0.25) is 5.02 Å². The number of benzene rings is 1. The van der Waals surface area contributed by atoms with E-state index in [0.29, 0.717) is 22.6 Å². The lowest BCUT2D eigenvalue weighted by atomic mass is 10.1. The highest BCUT2D eigenvalue weighted by atomic mass is 35.5. The number of aromatic nitrogens is 1. The molecule has 0 N–H and O–H groups in total. The maximum absolute atomic E-state index is 13.3. The molecule has 0 aliphatic carbocycles. The molecule has 86 valence electrons. The molecule has 0 spiro atoms. The Balaban J connectivity index is 2.63. The van der Waals surface area contributed by atoms with Crippen LogP contribution in [0.4, 0.5) is 4.39 Å². The summed E-state index contributed by atoms with van der Waals surface area (Å²) >= 11 is 6.01. The summed E-state index contributed by atoms with van der Waals surface area (Å²) in [6, 6.07) is 7.50. The number of rotatable bonds is 2. The Morgan fingerprint density at radius 2 is 2.06 bits per heavy atom. The summed E-state index contributed by atoms with van der Waals surface area (Å²) in [5, 5.41) is 0.429. The molecule has 0 unspecified atom stereocenters. The molecule has 17 heavy (non-hydrogen) atoms. The van der Waals surface area contributed by atoms with E-state index < -0.39 is 5.82 Å². The molecule has 2 nitrogen and oxygen atoms in total. The zero-order valence-electron chi connectivity index (χ0n) is 9.08. The number of aldehydes is 1. The molecule has 0 aliphatic rings. The number of hydrogen-bond acceptors (Lipinski definition) is 2. The third-order valence-electron chi connectivity index (χ3n) is 2.31. The number of halogens is 2. The molecular weight excluding hydrogens is 241 g/mol. The fourth-order valence-electron chi connectivity index (χ4n) is 1.56.